The van der Waals surface area contributed by atoms with Gasteiger partial charge in [0.25, 0.3) is 0 Å². The van der Waals surface area contributed by atoms with Crippen molar-refractivity contribution in [2.45, 2.75) is 31.9 Å². The van der Waals surface area contributed by atoms with Crippen LogP contribution in [0.1, 0.15) is 47.6 Å². The van der Waals surface area contributed by atoms with Crippen LogP contribution < -0.4 is 14.8 Å². The van der Waals surface area contributed by atoms with Crippen LogP contribution in [0.5, 0.6) is 11.5 Å². The van der Waals surface area contributed by atoms with Crippen LogP contribution in [-0.2, 0) is 6.61 Å². The summed E-state index contributed by atoms with van der Waals surface area (Å²) in [7, 11) is 0. The normalized spacial score (nSPS) is 19.2. The van der Waals surface area contributed by atoms with Crippen LogP contribution in [0.25, 0.3) is 0 Å². The van der Waals surface area contributed by atoms with Crippen molar-refractivity contribution < 1.29 is 9.47 Å². The third kappa shape index (κ3) is 5.67. The molecule has 6 rings (SSSR count). The van der Waals surface area contributed by atoms with Gasteiger partial charge in [0.1, 0.15) is 6.61 Å². The van der Waals surface area contributed by atoms with E-state index >= 15 is 0 Å². The fourth-order valence-corrected chi connectivity index (χ4v) is 6.13. The number of hydrogen-bond acceptors (Lipinski definition) is 4. The van der Waals surface area contributed by atoms with Crippen molar-refractivity contribution in [2.24, 2.45) is 10.9 Å². The SMILES string of the molecule is CCOc1cc(C=Nc2ccc([C@@H]3Nc4ccccc4[C@H]4C=CC[C@@H]43)cc2)cc(Cl)c1OCc1ccc(Br)cc1. The monoisotopic (exact) mass is 612 g/mol. The van der Waals surface area contributed by atoms with Gasteiger partial charge in [-0.1, -0.05) is 82.1 Å². The first-order valence-corrected chi connectivity index (χ1v) is 14.8. The smallest absolute Gasteiger partial charge is 0.180 e. The number of fused-ring (bicyclic) bond motifs is 3. The fraction of sp³-hybridized carbons (Fsp3) is 0.206. The number of allylic oxidation sites excluding steroid dienone is 2. The highest BCUT2D eigenvalue weighted by molar-refractivity contribution is 9.10. The summed E-state index contributed by atoms with van der Waals surface area (Å²) in [4.78, 5) is 4.72. The number of hydrogen-bond donors (Lipinski definition) is 1. The molecular weight excluding hydrogens is 584 g/mol. The van der Waals surface area contributed by atoms with E-state index in [1.807, 2.05) is 49.5 Å². The van der Waals surface area contributed by atoms with Crippen molar-refractivity contribution in [1.82, 2.24) is 0 Å². The van der Waals surface area contributed by atoms with Crippen LogP contribution in [-0.4, -0.2) is 12.8 Å². The number of para-hydroxylation sites is 1. The molecule has 0 radical (unpaired) electrons. The summed E-state index contributed by atoms with van der Waals surface area (Å²) < 4.78 is 13.0. The molecule has 202 valence electrons. The molecule has 0 aromatic heterocycles. The molecule has 0 amide bonds. The highest BCUT2D eigenvalue weighted by Crippen LogP contribution is 2.49. The van der Waals surface area contributed by atoms with E-state index in [1.165, 1.54) is 16.8 Å². The lowest BCUT2D eigenvalue weighted by atomic mass is 9.77. The van der Waals surface area contributed by atoms with Gasteiger partial charge in [0, 0.05) is 22.3 Å². The Bertz CT molecular complexity index is 1550. The van der Waals surface area contributed by atoms with Gasteiger partial charge < -0.3 is 14.8 Å². The molecule has 40 heavy (non-hydrogen) atoms. The maximum absolute atomic E-state index is 6.64. The van der Waals surface area contributed by atoms with Gasteiger partial charge in [0.15, 0.2) is 11.5 Å². The van der Waals surface area contributed by atoms with Crippen LogP contribution in [0.2, 0.25) is 5.02 Å². The van der Waals surface area contributed by atoms with Crippen molar-refractivity contribution in [2.75, 3.05) is 11.9 Å². The summed E-state index contributed by atoms with van der Waals surface area (Å²) in [5.41, 5.74) is 6.68. The Morgan fingerprint density at radius 3 is 2.60 bits per heavy atom. The van der Waals surface area contributed by atoms with E-state index in [9.17, 15) is 0 Å². The first-order chi connectivity index (χ1) is 19.6. The zero-order valence-corrected chi connectivity index (χ0v) is 24.5. The minimum absolute atomic E-state index is 0.269. The van der Waals surface area contributed by atoms with Crippen LogP contribution >= 0.6 is 27.5 Å². The third-order valence-electron chi connectivity index (χ3n) is 7.52. The second-order valence-electron chi connectivity index (χ2n) is 10.1. The lowest BCUT2D eigenvalue weighted by molar-refractivity contribution is 0.269. The van der Waals surface area contributed by atoms with Crippen molar-refractivity contribution >= 4 is 45.1 Å². The summed E-state index contributed by atoms with van der Waals surface area (Å²) >= 11 is 10.1. The highest BCUT2D eigenvalue weighted by atomic mass is 79.9. The van der Waals surface area contributed by atoms with E-state index in [4.69, 9.17) is 26.1 Å². The summed E-state index contributed by atoms with van der Waals surface area (Å²) in [6.07, 6.45) is 7.59. The van der Waals surface area contributed by atoms with E-state index < -0.39 is 0 Å². The predicted octanol–water partition coefficient (Wildman–Crippen LogP) is 9.66. The summed E-state index contributed by atoms with van der Waals surface area (Å²) in [5.74, 6) is 2.13. The molecular formula is C34H30BrClN2O2. The highest BCUT2D eigenvalue weighted by Gasteiger charge is 2.37. The van der Waals surface area contributed by atoms with Crippen molar-refractivity contribution in [1.29, 1.82) is 0 Å². The van der Waals surface area contributed by atoms with Gasteiger partial charge in [-0.2, -0.15) is 0 Å². The third-order valence-corrected chi connectivity index (χ3v) is 8.32. The van der Waals surface area contributed by atoms with Crippen molar-refractivity contribution in [3.8, 4) is 11.5 Å². The zero-order valence-electron chi connectivity index (χ0n) is 22.2. The molecule has 2 aliphatic rings. The number of ether oxygens (including phenoxy) is 2. The molecule has 1 N–H and O–H groups in total. The molecule has 0 unspecified atom stereocenters. The Balaban J connectivity index is 1.17. The molecule has 6 heteroatoms. The molecule has 0 bridgehead atoms. The number of rotatable bonds is 8. The molecule has 3 atom stereocenters. The van der Waals surface area contributed by atoms with Gasteiger partial charge in [0.05, 0.1) is 23.4 Å². The second-order valence-corrected chi connectivity index (χ2v) is 11.4. The molecule has 1 aliphatic carbocycles. The number of nitrogens with one attached hydrogen (secondary N) is 1. The molecule has 1 aliphatic heterocycles. The van der Waals surface area contributed by atoms with E-state index in [-0.39, 0.29) is 6.04 Å². The van der Waals surface area contributed by atoms with Gasteiger partial charge in [0.2, 0.25) is 0 Å². The van der Waals surface area contributed by atoms with Gasteiger partial charge in [-0.05, 0) is 84.0 Å². The number of anilines is 1. The lowest BCUT2D eigenvalue weighted by Gasteiger charge is -2.37. The standard InChI is InChI=1S/C34H30BrClN2O2/c1-2-39-32-19-23(18-30(36)34(32)40-21-22-10-14-25(35)15-11-22)20-37-26-16-12-24(13-17-26)33-29-8-5-7-27(29)28-6-3-4-9-31(28)38-33/h3-7,9-20,27,29,33,38H,2,8,21H2,1H3/t27-,29+,33+/m1/s1. The summed E-state index contributed by atoms with van der Waals surface area (Å²) in [6.45, 7) is 2.84. The van der Waals surface area contributed by atoms with E-state index in [0.29, 0.717) is 41.6 Å². The first kappa shape index (κ1) is 26.7. The average molecular weight is 614 g/mol. The Morgan fingerprint density at radius 2 is 1.80 bits per heavy atom. The maximum atomic E-state index is 6.64. The minimum atomic E-state index is 0.269. The predicted molar refractivity (Wildman–Crippen MR) is 168 cm³/mol. The molecule has 0 saturated heterocycles. The second kappa shape index (κ2) is 11.9. The van der Waals surface area contributed by atoms with E-state index in [1.54, 1.807) is 0 Å². The van der Waals surface area contributed by atoms with Crippen LogP contribution in [0.3, 0.4) is 0 Å². The van der Waals surface area contributed by atoms with Gasteiger partial charge in [-0.3, -0.25) is 4.99 Å². The van der Waals surface area contributed by atoms with E-state index in [2.05, 4.69) is 81.9 Å². The van der Waals surface area contributed by atoms with Crippen LogP contribution in [0, 0.1) is 5.92 Å². The fourth-order valence-electron chi connectivity index (χ4n) is 5.59. The summed E-state index contributed by atoms with van der Waals surface area (Å²) in [6, 6.07) is 29.2. The summed E-state index contributed by atoms with van der Waals surface area (Å²) in [5, 5.41) is 4.28. The first-order valence-electron chi connectivity index (χ1n) is 13.6. The molecule has 4 nitrogen and oxygen atoms in total. The Labute approximate surface area is 248 Å². The minimum Gasteiger partial charge on any atom is -0.490 e. The lowest BCUT2D eigenvalue weighted by Crippen LogP contribution is -2.28. The Hall–Kier alpha value is -3.54. The quantitative estimate of drug-likeness (QED) is 0.159. The number of benzene rings is 4. The molecule has 4 aromatic carbocycles. The number of halogens is 2. The van der Waals surface area contributed by atoms with Crippen molar-refractivity contribution in [3.63, 3.8) is 0 Å². The molecule has 4 aromatic rings. The van der Waals surface area contributed by atoms with Gasteiger partial charge >= 0.3 is 0 Å². The van der Waals surface area contributed by atoms with Crippen molar-refractivity contribution in [3.05, 3.63) is 129 Å². The maximum Gasteiger partial charge on any atom is 0.180 e. The van der Waals surface area contributed by atoms with Gasteiger partial charge in [-0.25, -0.2) is 0 Å². The van der Waals surface area contributed by atoms with Crippen LogP contribution in [0.4, 0.5) is 11.4 Å². The van der Waals surface area contributed by atoms with Gasteiger partial charge in [-0.15, -0.1) is 0 Å². The largest absolute Gasteiger partial charge is 0.490 e. The molecule has 0 spiro atoms. The number of aliphatic imine (C=N–C) groups is 1. The van der Waals surface area contributed by atoms with E-state index in [0.717, 1.165) is 27.7 Å². The molecule has 1 heterocycles. The number of nitrogens with zero attached hydrogens (tertiary/aromatic N) is 1. The Morgan fingerprint density at radius 1 is 1.00 bits per heavy atom. The average Bonchev–Trinajstić information content (AvgIpc) is 3.47. The topological polar surface area (TPSA) is 42.8 Å². The molecule has 0 fully saturated rings. The Kier molecular flexibility index (Phi) is 7.94. The molecule has 0 saturated carbocycles. The van der Waals surface area contributed by atoms with Crippen LogP contribution in [0.15, 0.2) is 107 Å². The zero-order chi connectivity index (χ0) is 27.5.